The second kappa shape index (κ2) is 7.25. The Balaban J connectivity index is 3.68. The number of hydrogen-bond donors (Lipinski definition) is 2. The van der Waals surface area contributed by atoms with E-state index in [0.717, 1.165) is 13.1 Å². The highest BCUT2D eigenvalue weighted by Gasteiger charge is 2.23. The van der Waals surface area contributed by atoms with Gasteiger partial charge in [0.15, 0.2) is 0 Å². The Morgan fingerprint density at radius 3 is 2.31 bits per heavy atom. The Morgan fingerprint density at radius 2 is 1.88 bits per heavy atom. The first kappa shape index (κ1) is 15.9. The molecule has 16 heavy (non-hydrogen) atoms. The summed E-state index contributed by atoms with van der Waals surface area (Å²) in [7, 11) is 2.15. The Bertz CT molecular complexity index is 181. The minimum atomic E-state index is -0.602. The summed E-state index contributed by atoms with van der Waals surface area (Å²) in [6.45, 7) is 13.1. The summed E-state index contributed by atoms with van der Waals surface area (Å²) in [4.78, 5) is 2.34. The van der Waals surface area contributed by atoms with Crippen molar-refractivity contribution in [2.75, 3.05) is 26.7 Å². The molecular weight excluding hydrogens is 200 g/mol. The second-order valence-electron chi connectivity index (χ2n) is 5.43. The summed E-state index contributed by atoms with van der Waals surface area (Å²) < 4.78 is 0. The van der Waals surface area contributed by atoms with Gasteiger partial charge in [0.25, 0.3) is 0 Å². The molecule has 0 radical (unpaired) electrons. The molecule has 0 aliphatic carbocycles. The van der Waals surface area contributed by atoms with Gasteiger partial charge in [0, 0.05) is 25.7 Å². The molecule has 3 nitrogen and oxygen atoms in total. The first-order valence-corrected chi connectivity index (χ1v) is 6.44. The fourth-order valence-electron chi connectivity index (χ4n) is 1.33. The number of aliphatic hydroxyl groups is 1. The average Bonchev–Trinajstić information content (AvgIpc) is 2.22. The van der Waals surface area contributed by atoms with Crippen LogP contribution in [0.5, 0.6) is 0 Å². The SMILES string of the molecule is CCC(C)N(C)CCNCC(C)(O)C(C)C. The quantitative estimate of drug-likeness (QED) is 0.623. The third-order valence-electron chi connectivity index (χ3n) is 3.71. The Kier molecular flexibility index (Phi) is 7.20. The van der Waals surface area contributed by atoms with Gasteiger partial charge in [-0.25, -0.2) is 0 Å². The number of nitrogens with zero attached hydrogens (tertiary/aromatic N) is 1. The van der Waals surface area contributed by atoms with Gasteiger partial charge in [-0.05, 0) is 33.2 Å². The molecule has 0 aliphatic heterocycles. The van der Waals surface area contributed by atoms with Crippen LogP contribution < -0.4 is 5.32 Å². The molecule has 0 aromatic carbocycles. The molecular formula is C13H30N2O. The Morgan fingerprint density at radius 1 is 1.31 bits per heavy atom. The standard InChI is InChI=1S/C13H30N2O/c1-7-12(4)15(6)9-8-14-10-13(5,16)11(2)3/h11-12,14,16H,7-10H2,1-6H3. The van der Waals surface area contributed by atoms with E-state index in [1.54, 1.807) is 0 Å². The highest BCUT2D eigenvalue weighted by Crippen LogP contribution is 2.14. The van der Waals surface area contributed by atoms with Crippen molar-refractivity contribution >= 4 is 0 Å². The van der Waals surface area contributed by atoms with E-state index in [9.17, 15) is 5.11 Å². The van der Waals surface area contributed by atoms with Crippen LogP contribution in [0.3, 0.4) is 0 Å². The van der Waals surface area contributed by atoms with Crippen LogP contribution in [0.25, 0.3) is 0 Å². The molecule has 2 unspecified atom stereocenters. The van der Waals surface area contributed by atoms with Crippen molar-refractivity contribution in [2.24, 2.45) is 5.92 Å². The largest absolute Gasteiger partial charge is 0.389 e. The zero-order valence-electron chi connectivity index (χ0n) is 11.9. The molecule has 0 saturated carbocycles. The lowest BCUT2D eigenvalue weighted by atomic mass is 9.93. The first-order valence-electron chi connectivity index (χ1n) is 6.44. The molecule has 2 atom stereocenters. The van der Waals surface area contributed by atoms with Gasteiger partial charge in [-0.2, -0.15) is 0 Å². The van der Waals surface area contributed by atoms with Crippen molar-refractivity contribution in [1.82, 2.24) is 10.2 Å². The van der Waals surface area contributed by atoms with Crippen molar-refractivity contribution < 1.29 is 5.11 Å². The molecule has 0 spiro atoms. The monoisotopic (exact) mass is 230 g/mol. The highest BCUT2D eigenvalue weighted by molar-refractivity contribution is 4.79. The number of nitrogens with one attached hydrogen (secondary N) is 1. The summed E-state index contributed by atoms with van der Waals surface area (Å²) in [5.74, 6) is 0.285. The van der Waals surface area contributed by atoms with Crippen molar-refractivity contribution in [3.05, 3.63) is 0 Å². The van der Waals surface area contributed by atoms with Crippen LogP contribution in [0, 0.1) is 5.92 Å². The van der Waals surface area contributed by atoms with Gasteiger partial charge in [-0.15, -0.1) is 0 Å². The van der Waals surface area contributed by atoms with Crippen molar-refractivity contribution in [3.63, 3.8) is 0 Å². The zero-order chi connectivity index (χ0) is 12.8. The topological polar surface area (TPSA) is 35.5 Å². The molecule has 0 aliphatic rings. The molecule has 0 aromatic rings. The van der Waals surface area contributed by atoms with Crippen molar-refractivity contribution in [1.29, 1.82) is 0 Å². The van der Waals surface area contributed by atoms with E-state index < -0.39 is 5.60 Å². The van der Waals surface area contributed by atoms with Gasteiger partial charge in [-0.3, -0.25) is 0 Å². The lowest BCUT2D eigenvalue weighted by Gasteiger charge is -2.29. The molecule has 98 valence electrons. The van der Waals surface area contributed by atoms with Crippen LogP contribution in [0.1, 0.15) is 41.0 Å². The Labute approximate surface area is 101 Å². The summed E-state index contributed by atoms with van der Waals surface area (Å²) >= 11 is 0. The van der Waals surface area contributed by atoms with Gasteiger partial charge in [0.2, 0.25) is 0 Å². The van der Waals surface area contributed by atoms with E-state index in [-0.39, 0.29) is 5.92 Å². The van der Waals surface area contributed by atoms with E-state index in [1.165, 1.54) is 6.42 Å². The van der Waals surface area contributed by atoms with E-state index in [2.05, 4.69) is 31.1 Å². The lowest BCUT2D eigenvalue weighted by molar-refractivity contribution is 0.0139. The van der Waals surface area contributed by atoms with Crippen molar-refractivity contribution in [2.45, 2.75) is 52.7 Å². The molecule has 0 aromatic heterocycles. The highest BCUT2D eigenvalue weighted by atomic mass is 16.3. The van der Waals surface area contributed by atoms with E-state index in [0.29, 0.717) is 12.6 Å². The molecule has 2 N–H and O–H groups in total. The molecule has 0 amide bonds. The molecule has 0 heterocycles. The smallest absolute Gasteiger partial charge is 0.0766 e. The van der Waals surface area contributed by atoms with Crippen LogP contribution in [-0.4, -0.2) is 48.3 Å². The normalized spacial score (nSPS) is 17.8. The van der Waals surface area contributed by atoms with Crippen LogP contribution in [0.15, 0.2) is 0 Å². The second-order valence-corrected chi connectivity index (χ2v) is 5.43. The molecule has 0 rings (SSSR count). The van der Waals surface area contributed by atoms with E-state index in [4.69, 9.17) is 0 Å². The predicted octanol–water partition coefficient (Wildman–Crippen LogP) is 1.71. The molecule has 0 bridgehead atoms. The zero-order valence-corrected chi connectivity index (χ0v) is 11.9. The average molecular weight is 230 g/mol. The van der Waals surface area contributed by atoms with Crippen LogP contribution in [0.2, 0.25) is 0 Å². The molecule has 3 heteroatoms. The lowest BCUT2D eigenvalue weighted by Crippen LogP contribution is -2.44. The summed E-state index contributed by atoms with van der Waals surface area (Å²) in [5.41, 5.74) is -0.602. The van der Waals surface area contributed by atoms with Gasteiger partial charge < -0.3 is 15.3 Å². The summed E-state index contributed by atoms with van der Waals surface area (Å²) in [6.07, 6.45) is 1.18. The van der Waals surface area contributed by atoms with Crippen LogP contribution >= 0.6 is 0 Å². The van der Waals surface area contributed by atoms with Gasteiger partial charge in [0.05, 0.1) is 5.60 Å². The first-order chi connectivity index (χ1) is 7.31. The Hall–Kier alpha value is -0.120. The van der Waals surface area contributed by atoms with Gasteiger partial charge >= 0.3 is 0 Å². The van der Waals surface area contributed by atoms with Crippen LogP contribution in [-0.2, 0) is 0 Å². The third kappa shape index (κ3) is 5.83. The molecule has 0 saturated heterocycles. The summed E-state index contributed by atoms with van der Waals surface area (Å²) in [5, 5.41) is 13.4. The number of likely N-dealkylation sites (N-methyl/N-ethyl adjacent to an activating group) is 1. The predicted molar refractivity (Wildman–Crippen MR) is 70.7 cm³/mol. The minimum Gasteiger partial charge on any atom is -0.389 e. The minimum absolute atomic E-state index is 0.285. The van der Waals surface area contributed by atoms with Gasteiger partial charge in [0.1, 0.15) is 0 Å². The van der Waals surface area contributed by atoms with Gasteiger partial charge in [-0.1, -0.05) is 20.8 Å². The van der Waals surface area contributed by atoms with E-state index >= 15 is 0 Å². The van der Waals surface area contributed by atoms with E-state index in [1.807, 2.05) is 20.8 Å². The van der Waals surface area contributed by atoms with Crippen molar-refractivity contribution in [3.8, 4) is 0 Å². The number of hydrogen-bond acceptors (Lipinski definition) is 3. The maximum absolute atomic E-state index is 10.0. The third-order valence-corrected chi connectivity index (χ3v) is 3.71. The maximum atomic E-state index is 10.0. The fourth-order valence-corrected chi connectivity index (χ4v) is 1.33. The fraction of sp³-hybridized carbons (Fsp3) is 1.00. The van der Waals surface area contributed by atoms with Crippen LogP contribution in [0.4, 0.5) is 0 Å². The summed E-state index contributed by atoms with van der Waals surface area (Å²) in [6, 6.07) is 0.632. The molecule has 0 fully saturated rings. The maximum Gasteiger partial charge on any atom is 0.0766 e. The number of rotatable bonds is 8.